The zero-order chi connectivity index (χ0) is 15.2. The Morgan fingerprint density at radius 2 is 1.67 bits per heavy atom. The Hall–Kier alpha value is -2.27. The van der Waals surface area contributed by atoms with Crippen LogP contribution in [0.3, 0.4) is 0 Å². The molecule has 0 spiro atoms. The fourth-order valence-corrected chi connectivity index (χ4v) is 1.96. The minimum Gasteiger partial charge on any atom is -0.493 e. The Bertz CT molecular complexity index is 591. The average Bonchev–Trinajstić information content (AvgIpc) is 2.53. The quantitative estimate of drug-likeness (QED) is 0.889. The zero-order valence-electron chi connectivity index (χ0n) is 12.1. The molecular formula is C16H18FNO3. The average molecular weight is 291 g/mol. The van der Waals surface area contributed by atoms with E-state index in [-0.39, 0.29) is 12.4 Å². The minimum absolute atomic E-state index is 0.0847. The highest BCUT2D eigenvalue weighted by molar-refractivity contribution is 5.54. The van der Waals surface area contributed by atoms with E-state index in [0.717, 1.165) is 5.56 Å². The van der Waals surface area contributed by atoms with Gasteiger partial charge in [0, 0.05) is 12.1 Å². The van der Waals surface area contributed by atoms with Gasteiger partial charge in [0.2, 0.25) is 5.75 Å². The highest BCUT2D eigenvalue weighted by atomic mass is 19.1. The lowest BCUT2D eigenvalue weighted by Gasteiger charge is -2.16. The Balaban J connectivity index is 2.28. The minimum atomic E-state index is -0.311. The van der Waals surface area contributed by atoms with E-state index in [1.54, 1.807) is 30.3 Å². The van der Waals surface area contributed by atoms with Crippen molar-refractivity contribution in [3.8, 4) is 17.2 Å². The van der Waals surface area contributed by atoms with Crippen LogP contribution in [0.15, 0.2) is 36.4 Å². The Labute approximate surface area is 123 Å². The van der Waals surface area contributed by atoms with E-state index in [0.29, 0.717) is 29.4 Å². The Morgan fingerprint density at radius 3 is 2.19 bits per heavy atom. The molecule has 2 aromatic rings. The SMILES string of the molecule is COc1cc(CN)cc(OC)c1OCc1ccccc1F. The number of benzene rings is 2. The van der Waals surface area contributed by atoms with Gasteiger partial charge in [0.25, 0.3) is 0 Å². The normalized spacial score (nSPS) is 10.3. The molecule has 2 aromatic carbocycles. The summed E-state index contributed by atoms with van der Waals surface area (Å²) in [5, 5.41) is 0. The molecule has 0 aromatic heterocycles. The first-order chi connectivity index (χ1) is 10.2. The molecule has 0 bridgehead atoms. The Kier molecular flexibility index (Phi) is 5.00. The monoisotopic (exact) mass is 291 g/mol. The summed E-state index contributed by atoms with van der Waals surface area (Å²) in [5.74, 6) is 1.13. The lowest BCUT2D eigenvalue weighted by molar-refractivity contribution is 0.262. The summed E-state index contributed by atoms with van der Waals surface area (Å²) in [5.41, 5.74) is 6.96. The number of hydrogen-bond donors (Lipinski definition) is 1. The van der Waals surface area contributed by atoms with E-state index in [2.05, 4.69) is 0 Å². The van der Waals surface area contributed by atoms with Gasteiger partial charge in [-0.2, -0.15) is 0 Å². The van der Waals surface area contributed by atoms with E-state index in [1.807, 2.05) is 0 Å². The molecule has 21 heavy (non-hydrogen) atoms. The van der Waals surface area contributed by atoms with Crippen molar-refractivity contribution in [1.82, 2.24) is 0 Å². The second-order valence-electron chi connectivity index (χ2n) is 4.41. The van der Waals surface area contributed by atoms with Gasteiger partial charge in [-0.1, -0.05) is 18.2 Å². The molecule has 2 rings (SSSR count). The smallest absolute Gasteiger partial charge is 0.203 e. The van der Waals surface area contributed by atoms with Gasteiger partial charge in [-0.3, -0.25) is 0 Å². The van der Waals surface area contributed by atoms with Crippen LogP contribution in [0, 0.1) is 5.82 Å². The molecular weight excluding hydrogens is 273 g/mol. The third kappa shape index (κ3) is 3.44. The predicted octanol–water partition coefficient (Wildman–Crippen LogP) is 2.88. The van der Waals surface area contributed by atoms with Gasteiger partial charge in [0.15, 0.2) is 11.5 Å². The van der Waals surface area contributed by atoms with Gasteiger partial charge < -0.3 is 19.9 Å². The van der Waals surface area contributed by atoms with Crippen LogP contribution in [-0.2, 0) is 13.2 Å². The van der Waals surface area contributed by atoms with Gasteiger partial charge in [-0.15, -0.1) is 0 Å². The van der Waals surface area contributed by atoms with Crippen molar-refractivity contribution in [3.63, 3.8) is 0 Å². The summed E-state index contributed by atoms with van der Waals surface area (Å²) >= 11 is 0. The first kappa shape index (κ1) is 15.1. The van der Waals surface area contributed by atoms with Crippen molar-refractivity contribution >= 4 is 0 Å². The van der Waals surface area contributed by atoms with Crippen LogP contribution in [0.4, 0.5) is 4.39 Å². The van der Waals surface area contributed by atoms with E-state index in [1.165, 1.54) is 20.3 Å². The van der Waals surface area contributed by atoms with E-state index in [4.69, 9.17) is 19.9 Å². The summed E-state index contributed by atoms with van der Waals surface area (Å²) in [6.45, 7) is 0.446. The van der Waals surface area contributed by atoms with E-state index in [9.17, 15) is 4.39 Å². The predicted molar refractivity (Wildman–Crippen MR) is 78.2 cm³/mol. The lowest BCUT2D eigenvalue weighted by atomic mass is 10.2. The molecule has 4 nitrogen and oxygen atoms in total. The van der Waals surface area contributed by atoms with Gasteiger partial charge in [0.05, 0.1) is 14.2 Å². The van der Waals surface area contributed by atoms with Crippen LogP contribution in [0.5, 0.6) is 17.2 Å². The molecule has 0 aliphatic heterocycles. The van der Waals surface area contributed by atoms with Crippen LogP contribution in [0.1, 0.15) is 11.1 Å². The van der Waals surface area contributed by atoms with Gasteiger partial charge >= 0.3 is 0 Å². The second-order valence-corrected chi connectivity index (χ2v) is 4.41. The van der Waals surface area contributed by atoms with Crippen LogP contribution in [0.2, 0.25) is 0 Å². The summed E-state index contributed by atoms with van der Waals surface area (Å²) in [4.78, 5) is 0. The summed E-state index contributed by atoms with van der Waals surface area (Å²) in [7, 11) is 3.07. The maximum atomic E-state index is 13.6. The first-order valence-corrected chi connectivity index (χ1v) is 6.50. The molecule has 112 valence electrons. The van der Waals surface area contributed by atoms with Crippen LogP contribution in [-0.4, -0.2) is 14.2 Å². The first-order valence-electron chi connectivity index (χ1n) is 6.50. The number of halogens is 1. The van der Waals surface area contributed by atoms with Crippen molar-refractivity contribution in [2.75, 3.05) is 14.2 Å². The summed E-state index contributed by atoms with van der Waals surface area (Å²) in [6.07, 6.45) is 0. The molecule has 0 saturated heterocycles. The van der Waals surface area contributed by atoms with Gasteiger partial charge in [-0.05, 0) is 23.8 Å². The van der Waals surface area contributed by atoms with Crippen molar-refractivity contribution in [2.45, 2.75) is 13.2 Å². The number of methoxy groups -OCH3 is 2. The maximum absolute atomic E-state index is 13.6. The fraction of sp³-hybridized carbons (Fsp3) is 0.250. The molecule has 0 unspecified atom stereocenters. The molecule has 0 aliphatic rings. The molecule has 0 amide bonds. The van der Waals surface area contributed by atoms with Crippen molar-refractivity contribution in [1.29, 1.82) is 0 Å². The molecule has 5 heteroatoms. The van der Waals surface area contributed by atoms with Crippen LogP contribution >= 0.6 is 0 Å². The third-order valence-electron chi connectivity index (χ3n) is 3.09. The number of ether oxygens (including phenoxy) is 3. The number of nitrogens with two attached hydrogens (primary N) is 1. The van der Waals surface area contributed by atoms with Crippen LogP contribution in [0.25, 0.3) is 0 Å². The standard InChI is InChI=1S/C16H18FNO3/c1-19-14-7-11(9-18)8-15(20-2)16(14)21-10-12-5-3-4-6-13(12)17/h3-8H,9-10,18H2,1-2H3. The van der Waals surface area contributed by atoms with E-state index >= 15 is 0 Å². The Morgan fingerprint density at radius 1 is 1.05 bits per heavy atom. The largest absolute Gasteiger partial charge is 0.493 e. The van der Waals surface area contributed by atoms with Crippen molar-refractivity contribution in [3.05, 3.63) is 53.3 Å². The zero-order valence-corrected chi connectivity index (χ0v) is 12.1. The molecule has 0 heterocycles. The number of hydrogen-bond acceptors (Lipinski definition) is 4. The molecule has 0 fully saturated rings. The van der Waals surface area contributed by atoms with Gasteiger partial charge in [-0.25, -0.2) is 4.39 Å². The lowest BCUT2D eigenvalue weighted by Crippen LogP contribution is -2.04. The molecule has 0 atom stereocenters. The van der Waals surface area contributed by atoms with Crippen molar-refractivity contribution < 1.29 is 18.6 Å². The van der Waals surface area contributed by atoms with Crippen molar-refractivity contribution in [2.24, 2.45) is 5.73 Å². The topological polar surface area (TPSA) is 53.7 Å². The number of rotatable bonds is 6. The molecule has 0 aliphatic carbocycles. The highest BCUT2D eigenvalue weighted by Gasteiger charge is 2.14. The van der Waals surface area contributed by atoms with E-state index < -0.39 is 0 Å². The molecule has 0 saturated carbocycles. The summed E-state index contributed by atoms with van der Waals surface area (Å²) < 4.78 is 29.9. The third-order valence-corrected chi connectivity index (χ3v) is 3.09. The fourth-order valence-electron chi connectivity index (χ4n) is 1.96. The highest BCUT2D eigenvalue weighted by Crippen LogP contribution is 2.39. The molecule has 2 N–H and O–H groups in total. The van der Waals surface area contributed by atoms with Gasteiger partial charge in [0.1, 0.15) is 12.4 Å². The summed E-state index contributed by atoms with van der Waals surface area (Å²) in [6, 6.07) is 10.0. The second kappa shape index (κ2) is 6.95. The maximum Gasteiger partial charge on any atom is 0.203 e. The molecule has 0 radical (unpaired) electrons. The van der Waals surface area contributed by atoms with Crippen LogP contribution < -0.4 is 19.9 Å².